The van der Waals surface area contributed by atoms with Crippen molar-refractivity contribution in [1.82, 2.24) is 0 Å². The van der Waals surface area contributed by atoms with Gasteiger partial charge in [0.1, 0.15) is 6.61 Å². The second-order valence-corrected chi connectivity index (χ2v) is 10.3. The van der Waals surface area contributed by atoms with Crippen molar-refractivity contribution in [3.8, 4) is 0 Å². The van der Waals surface area contributed by atoms with Crippen LogP contribution in [0.2, 0.25) is 0 Å². The molecule has 6 heteroatoms. The maximum absolute atomic E-state index is 13.2. The van der Waals surface area contributed by atoms with Gasteiger partial charge >= 0.3 is 6.09 Å². The van der Waals surface area contributed by atoms with E-state index in [1.165, 1.54) is 5.41 Å². The summed E-state index contributed by atoms with van der Waals surface area (Å²) in [5.74, 6) is 0. The summed E-state index contributed by atoms with van der Waals surface area (Å²) in [4.78, 5) is 15.0. The summed E-state index contributed by atoms with van der Waals surface area (Å²) in [5.41, 5.74) is 5.30. The van der Waals surface area contributed by atoms with Crippen LogP contribution in [-0.4, -0.2) is 20.6 Å². The van der Waals surface area contributed by atoms with Crippen molar-refractivity contribution in [2.24, 2.45) is 0 Å². The minimum absolute atomic E-state index is 0.147. The molecule has 1 heterocycles. The molecule has 1 atom stereocenters. The number of hydrogen-bond donors (Lipinski definition) is 0. The molecule has 1 unspecified atom stereocenters. The van der Waals surface area contributed by atoms with E-state index in [4.69, 9.17) is 4.74 Å². The molecule has 0 radical (unpaired) electrons. The first-order valence-electron chi connectivity index (χ1n) is 10.8. The molecule has 0 N–H and O–H groups in total. The molecule has 0 aromatic heterocycles. The van der Waals surface area contributed by atoms with Crippen LogP contribution in [0.1, 0.15) is 29.2 Å². The Labute approximate surface area is 195 Å². The normalized spacial score (nSPS) is 15.9. The molecule has 1 aliphatic heterocycles. The summed E-state index contributed by atoms with van der Waals surface area (Å²) in [6.07, 6.45) is 0.0374. The van der Waals surface area contributed by atoms with Crippen molar-refractivity contribution in [1.29, 1.82) is 0 Å². The second kappa shape index (κ2) is 9.24. The Morgan fingerprint density at radius 3 is 2.36 bits per heavy atom. The Bertz CT molecular complexity index is 1300. The van der Waals surface area contributed by atoms with Crippen LogP contribution in [0.3, 0.4) is 0 Å². The molecule has 1 amide bonds. The van der Waals surface area contributed by atoms with Crippen molar-refractivity contribution in [2.75, 3.05) is 4.90 Å². The summed E-state index contributed by atoms with van der Waals surface area (Å²) in [7, 11) is -3.65. The minimum atomic E-state index is -3.65. The molecule has 0 spiro atoms. The molecule has 0 bridgehead atoms. The lowest BCUT2D eigenvalue weighted by atomic mass is 10.0. The van der Waals surface area contributed by atoms with E-state index in [9.17, 15) is 13.2 Å². The summed E-state index contributed by atoms with van der Waals surface area (Å²) in [6.45, 7) is 5.81. The molecule has 0 fully saturated rings. The predicted molar refractivity (Wildman–Crippen MR) is 130 cm³/mol. The number of aryl methyl sites for hydroxylation is 2. The van der Waals surface area contributed by atoms with Gasteiger partial charge in [-0.3, -0.25) is 4.90 Å². The van der Waals surface area contributed by atoms with Gasteiger partial charge in [0.05, 0.1) is 16.6 Å². The van der Waals surface area contributed by atoms with Gasteiger partial charge in [0.2, 0.25) is 0 Å². The average Bonchev–Trinajstić information content (AvgIpc) is 3.17. The zero-order valence-corrected chi connectivity index (χ0v) is 19.8. The first-order chi connectivity index (χ1) is 15.7. The molecule has 3 aromatic rings. The highest BCUT2D eigenvalue weighted by molar-refractivity contribution is 7.94. The lowest BCUT2D eigenvalue weighted by Gasteiger charge is -2.25. The van der Waals surface area contributed by atoms with Crippen LogP contribution in [0.4, 0.5) is 10.5 Å². The summed E-state index contributed by atoms with van der Waals surface area (Å²) < 4.78 is 31.6. The van der Waals surface area contributed by atoms with Crippen LogP contribution < -0.4 is 4.90 Å². The fourth-order valence-corrected chi connectivity index (χ4v) is 5.38. The van der Waals surface area contributed by atoms with E-state index in [1.807, 2.05) is 62.4 Å². The van der Waals surface area contributed by atoms with E-state index in [0.29, 0.717) is 12.0 Å². The Morgan fingerprint density at radius 2 is 1.67 bits per heavy atom. The number of hydrogen-bond acceptors (Lipinski definition) is 4. The maximum atomic E-state index is 13.2. The fourth-order valence-electron chi connectivity index (χ4n) is 4.08. The fraction of sp³-hybridized carbons (Fsp3) is 0.222. The number of sulfone groups is 1. The average molecular weight is 462 g/mol. The minimum Gasteiger partial charge on any atom is -0.444 e. The monoisotopic (exact) mass is 461 g/mol. The van der Waals surface area contributed by atoms with Crippen LogP contribution in [0.15, 0.2) is 88.7 Å². The number of amides is 1. The van der Waals surface area contributed by atoms with Crippen LogP contribution >= 0.6 is 0 Å². The van der Waals surface area contributed by atoms with Gasteiger partial charge in [-0.2, -0.15) is 0 Å². The third-order valence-electron chi connectivity index (χ3n) is 5.84. The molecule has 0 aliphatic carbocycles. The first-order valence-corrected chi connectivity index (χ1v) is 12.4. The highest BCUT2D eigenvalue weighted by Crippen LogP contribution is 2.37. The molecule has 0 saturated carbocycles. The SMILES string of the molecule is C/C(=C\S(=O)(=O)c1ccc(C)cc1)C1Cc2cc(C)ccc2N1C(=O)OCc1ccccc1. The standard InChI is InChI=1S/C27H27NO4S/c1-19-9-12-24(13-10-19)33(30,31)18-21(3)26-16-23-15-20(2)11-14-25(23)28(26)27(29)32-17-22-7-5-4-6-8-22/h4-15,18,26H,16-17H2,1-3H3/b21-18+. The number of carbonyl (C=O) groups excluding carboxylic acids is 1. The molecule has 33 heavy (non-hydrogen) atoms. The smallest absolute Gasteiger partial charge is 0.415 e. The molecular weight excluding hydrogens is 434 g/mol. The lowest BCUT2D eigenvalue weighted by molar-refractivity contribution is 0.146. The van der Waals surface area contributed by atoms with Gasteiger partial charge in [0.25, 0.3) is 0 Å². The number of anilines is 1. The van der Waals surface area contributed by atoms with Gasteiger partial charge in [0, 0.05) is 5.41 Å². The third-order valence-corrected chi connectivity index (χ3v) is 7.45. The second-order valence-electron chi connectivity index (χ2n) is 8.48. The summed E-state index contributed by atoms with van der Waals surface area (Å²) >= 11 is 0. The van der Waals surface area contributed by atoms with E-state index in [1.54, 1.807) is 36.1 Å². The van der Waals surface area contributed by atoms with Crippen molar-refractivity contribution in [3.63, 3.8) is 0 Å². The van der Waals surface area contributed by atoms with E-state index >= 15 is 0 Å². The molecule has 5 nitrogen and oxygen atoms in total. The number of fused-ring (bicyclic) bond motifs is 1. The summed E-state index contributed by atoms with van der Waals surface area (Å²) in [6, 6.07) is 21.7. The van der Waals surface area contributed by atoms with Gasteiger partial charge < -0.3 is 4.74 Å². The van der Waals surface area contributed by atoms with Gasteiger partial charge in [0.15, 0.2) is 9.84 Å². The van der Waals surface area contributed by atoms with Gasteiger partial charge in [-0.05, 0) is 62.1 Å². The Morgan fingerprint density at radius 1 is 1.00 bits per heavy atom. The molecule has 170 valence electrons. The summed E-state index contributed by atoms with van der Waals surface area (Å²) in [5, 5.41) is 1.28. The van der Waals surface area contributed by atoms with E-state index < -0.39 is 22.0 Å². The molecular formula is C27H27NO4S. The zero-order valence-electron chi connectivity index (χ0n) is 19.0. The quantitative estimate of drug-likeness (QED) is 0.485. The van der Waals surface area contributed by atoms with Crippen LogP contribution in [0, 0.1) is 13.8 Å². The van der Waals surface area contributed by atoms with Crippen molar-refractivity contribution in [3.05, 3.63) is 106 Å². The molecule has 0 saturated heterocycles. The number of nitrogens with zero attached hydrogens (tertiary/aromatic N) is 1. The van der Waals surface area contributed by atoms with Crippen molar-refractivity contribution < 1.29 is 17.9 Å². The Hall–Kier alpha value is -3.38. The number of carbonyl (C=O) groups is 1. The molecule has 4 rings (SSSR count). The van der Waals surface area contributed by atoms with Gasteiger partial charge in [-0.15, -0.1) is 0 Å². The van der Waals surface area contributed by atoms with Crippen LogP contribution in [0.5, 0.6) is 0 Å². The number of ether oxygens (including phenoxy) is 1. The molecule has 3 aromatic carbocycles. The topological polar surface area (TPSA) is 63.7 Å². The van der Waals surface area contributed by atoms with Crippen LogP contribution in [0.25, 0.3) is 0 Å². The van der Waals surface area contributed by atoms with Crippen LogP contribution in [-0.2, 0) is 27.6 Å². The van der Waals surface area contributed by atoms with Crippen molar-refractivity contribution in [2.45, 2.75) is 44.7 Å². The maximum Gasteiger partial charge on any atom is 0.415 e. The number of rotatable bonds is 5. The highest BCUT2D eigenvalue weighted by atomic mass is 32.2. The van der Waals surface area contributed by atoms with Gasteiger partial charge in [-0.1, -0.05) is 65.7 Å². The zero-order chi connectivity index (χ0) is 23.6. The Balaban J connectivity index is 1.64. The Kier molecular flexibility index (Phi) is 6.38. The van der Waals surface area contributed by atoms with E-state index in [0.717, 1.165) is 27.9 Å². The first kappa shape index (κ1) is 22.8. The van der Waals surface area contributed by atoms with E-state index in [2.05, 4.69) is 0 Å². The highest BCUT2D eigenvalue weighted by Gasteiger charge is 2.36. The number of benzene rings is 3. The third kappa shape index (κ3) is 5.01. The van der Waals surface area contributed by atoms with Crippen molar-refractivity contribution >= 4 is 21.6 Å². The lowest BCUT2D eigenvalue weighted by Crippen LogP contribution is -2.39. The van der Waals surface area contributed by atoms with E-state index in [-0.39, 0.29) is 11.5 Å². The molecule has 1 aliphatic rings. The van der Waals surface area contributed by atoms with Gasteiger partial charge in [-0.25, -0.2) is 13.2 Å². The largest absolute Gasteiger partial charge is 0.444 e. The predicted octanol–water partition coefficient (Wildman–Crippen LogP) is 5.75.